The van der Waals surface area contributed by atoms with Gasteiger partial charge in [0.1, 0.15) is 0 Å². The van der Waals surface area contributed by atoms with Crippen molar-refractivity contribution in [3.05, 3.63) is 199 Å². The van der Waals surface area contributed by atoms with Crippen LogP contribution >= 0.6 is 0 Å². The van der Waals surface area contributed by atoms with Gasteiger partial charge in [0.15, 0.2) is 11.6 Å². The lowest BCUT2D eigenvalue weighted by Gasteiger charge is -2.28. The lowest BCUT2D eigenvalue weighted by molar-refractivity contribution is 0.601. The van der Waals surface area contributed by atoms with Crippen LogP contribution in [0.2, 0.25) is 0 Å². The van der Waals surface area contributed by atoms with Crippen LogP contribution in [0.3, 0.4) is 0 Å². The van der Waals surface area contributed by atoms with E-state index in [9.17, 15) is 0 Å². The zero-order chi connectivity index (χ0) is 36.8. The van der Waals surface area contributed by atoms with E-state index in [0.717, 1.165) is 78.5 Å². The highest BCUT2D eigenvalue weighted by Gasteiger charge is 2.26. The molecule has 1 atom stereocenters. The summed E-state index contributed by atoms with van der Waals surface area (Å²) in [6, 6.07) is 59.4. The number of hydrogen-bond acceptors (Lipinski definition) is 4. The molecule has 2 aromatic heterocycles. The maximum Gasteiger partial charge on any atom is 0.160 e. The van der Waals surface area contributed by atoms with Crippen LogP contribution in [0.25, 0.3) is 83.2 Å². The van der Waals surface area contributed by atoms with Crippen LogP contribution in [0.5, 0.6) is 0 Å². The Morgan fingerprint density at radius 2 is 0.945 bits per heavy atom. The van der Waals surface area contributed by atoms with E-state index in [1.165, 1.54) is 16.7 Å². The maximum atomic E-state index is 5.23. The Balaban J connectivity index is 1.00. The van der Waals surface area contributed by atoms with Gasteiger partial charge in [-0.3, -0.25) is 0 Å². The van der Waals surface area contributed by atoms with Crippen LogP contribution in [-0.4, -0.2) is 19.9 Å². The van der Waals surface area contributed by atoms with Crippen molar-refractivity contribution >= 4 is 38.2 Å². The first-order chi connectivity index (χ1) is 27.1. The topological polar surface area (TPSA) is 51.6 Å². The van der Waals surface area contributed by atoms with E-state index in [1.54, 1.807) is 0 Å². The Bertz CT molecular complexity index is 2950. The number of para-hydroxylation sites is 2. The fourth-order valence-electron chi connectivity index (χ4n) is 7.77. The third-order valence-corrected chi connectivity index (χ3v) is 10.9. The summed E-state index contributed by atoms with van der Waals surface area (Å²) in [6.45, 7) is 2.29. The summed E-state index contributed by atoms with van der Waals surface area (Å²) < 4.78 is 0. The lowest BCUT2D eigenvalue weighted by atomic mass is 9.76. The van der Waals surface area contributed by atoms with E-state index in [1.807, 2.05) is 18.2 Å². The normalized spacial score (nSPS) is 15.4. The molecule has 2 heterocycles. The predicted molar refractivity (Wildman–Crippen MR) is 227 cm³/mol. The molecule has 10 rings (SSSR count). The van der Waals surface area contributed by atoms with Gasteiger partial charge in [0.2, 0.25) is 0 Å². The third kappa shape index (κ3) is 6.08. The minimum Gasteiger partial charge on any atom is -0.228 e. The number of hydrogen-bond donors (Lipinski definition) is 0. The summed E-state index contributed by atoms with van der Waals surface area (Å²) in [5.41, 5.74) is 11.5. The fourth-order valence-corrected chi connectivity index (χ4v) is 7.77. The van der Waals surface area contributed by atoms with Crippen molar-refractivity contribution in [1.82, 2.24) is 19.9 Å². The first-order valence-corrected chi connectivity index (χ1v) is 18.8. The van der Waals surface area contributed by atoms with Crippen LogP contribution in [0.15, 0.2) is 188 Å². The zero-order valence-corrected chi connectivity index (χ0v) is 30.4. The molecule has 0 saturated heterocycles. The molecule has 1 aliphatic rings. The maximum absolute atomic E-state index is 5.23. The molecule has 0 fully saturated rings. The van der Waals surface area contributed by atoms with Crippen LogP contribution in [0.1, 0.15) is 24.7 Å². The van der Waals surface area contributed by atoms with E-state index >= 15 is 0 Å². The first-order valence-electron chi connectivity index (χ1n) is 18.8. The van der Waals surface area contributed by atoms with Crippen molar-refractivity contribution in [2.45, 2.75) is 18.8 Å². The van der Waals surface area contributed by atoms with Crippen molar-refractivity contribution in [3.8, 4) is 45.0 Å². The lowest BCUT2D eigenvalue weighted by Crippen LogP contribution is -2.20. The largest absolute Gasteiger partial charge is 0.228 e. The highest BCUT2D eigenvalue weighted by atomic mass is 14.9. The minimum atomic E-state index is -0.0603. The second kappa shape index (κ2) is 13.4. The van der Waals surface area contributed by atoms with Crippen LogP contribution in [-0.2, 0) is 5.41 Å². The predicted octanol–water partition coefficient (Wildman–Crippen LogP) is 12.7. The molecule has 7 aromatic carbocycles. The van der Waals surface area contributed by atoms with Gasteiger partial charge in [0.25, 0.3) is 0 Å². The van der Waals surface area contributed by atoms with Gasteiger partial charge in [-0.1, -0.05) is 171 Å². The van der Waals surface area contributed by atoms with E-state index in [2.05, 4.69) is 177 Å². The smallest absolute Gasteiger partial charge is 0.160 e. The van der Waals surface area contributed by atoms with Gasteiger partial charge >= 0.3 is 0 Å². The molecule has 1 aliphatic carbocycles. The van der Waals surface area contributed by atoms with E-state index in [4.69, 9.17) is 19.9 Å². The summed E-state index contributed by atoms with van der Waals surface area (Å²) in [5, 5.41) is 4.30. The molecular weight excluding hydrogens is 669 g/mol. The Hall–Kier alpha value is -7.04. The number of rotatable bonds is 6. The Morgan fingerprint density at radius 3 is 1.62 bits per heavy atom. The number of fused-ring (bicyclic) bond motifs is 3. The van der Waals surface area contributed by atoms with Crippen molar-refractivity contribution in [1.29, 1.82) is 0 Å². The van der Waals surface area contributed by atoms with Crippen LogP contribution in [0, 0.1) is 0 Å². The average Bonchev–Trinajstić information content (AvgIpc) is 3.26. The van der Waals surface area contributed by atoms with Crippen molar-refractivity contribution in [2.75, 3.05) is 0 Å². The summed E-state index contributed by atoms with van der Waals surface area (Å²) in [4.78, 5) is 20.5. The number of allylic oxidation sites excluding steroid dienone is 4. The Kier molecular flexibility index (Phi) is 7.96. The van der Waals surface area contributed by atoms with Gasteiger partial charge in [-0.2, -0.15) is 0 Å². The standard InChI is InChI=1S/C51H36N4/c1-51(42-14-6-3-7-15-42)30-28-37(29-31-51)49-52-46-19-11-9-17-44(46)48(55-49)40-26-24-39-33-41(27-25-38(39)32-40)50-53-45-18-10-8-16-43(45)47(54-50)36-22-20-35(21-23-36)34-12-4-2-5-13-34/h2-30,32-33H,31H2,1H3. The highest BCUT2D eigenvalue weighted by molar-refractivity contribution is 5.98. The molecule has 4 heteroatoms. The molecule has 4 nitrogen and oxygen atoms in total. The van der Waals surface area contributed by atoms with Gasteiger partial charge in [-0.15, -0.1) is 0 Å². The zero-order valence-electron chi connectivity index (χ0n) is 30.4. The Labute approximate surface area is 320 Å². The molecule has 260 valence electrons. The molecule has 0 spiro atoms. The summed E-state index contributed by atoms with van der Waals surface area (Å²) in [5.74, 6) is 1.45. The molecule has 55 heavy (non-hydrogen) atoms. The monoisotopic (exact) mass is 704 g/mol. The van der Waals surface area contributed by atoms with Crippen molar-refractivity contribution in [3.63, 3.8) is 0 Å². The molecular formula is C51H36N4. The molecule has 1 unspecified atom stereocenters. The van der Waals surface area contributed by atoms with E-state index in [-0.39, 0.29) is 5.41 Å². The number of benzene rings is 7. The quantitative estimate of drug-likeness (QED) is 0.173. The average molecular weight is 705 g/mol. The second-order valence-corrected chi connectivity index (χ2v) is 14.5. The molecule has 0 radical (unpaired) electrons. The summed E-state index contributed by atoms with van der Waals surface area (Å²) in [7, 11) is 0. The van der Waals surface area contributed by atoms with E-state index < -0.39 is 0 Å². The van der Waals surface area contributed by atoms with Gasteiger partial charge < -0.3 is 0 Å². The number of nitrogens with zero attached hydrogens (tertiary/aromatic N) is 4. The van der Waals surface area contributed by atoms with Gasteiger partial charge in [0.05, 0.1) is 22.4 Å². The van der Waals surface area contributed by atoms with E-state index in [0.29, 0.717) is 5.82 Å². The van der Waals surface area contributed by atoms with Crippen LogP contribution < -0.4 is 0 Å². The SMILES string of the molecule is CC1(c2ccccc2)C=CC(c2nc(-c3ccc4cc(-c5nc(-c6ccc(-c7ccccc7)cc6)c6ccccc6n5)ccc4c3)c3ccccc3n2)=CC1. The van der Waals surface area contributed by atoms with Gasteiger partial charge in [0, 0.05) is 38.5 Å². The molecule has 9 aromatic rings. The minimum absolute atomic E-state index is 0.0603. The van der Waals surface area contributed by atoms with Crippen molar-refractivity contribution in [2.24, 2.45) is 0 Å². The van der Waals surface area contributed by atoms with Gasteiger partial charge in [-0.25, -0.2) is 19.9 Å². The highest BCUT2D eigenvalue weighted by Crippen LogP contribution is 2.38. The first kappa shape index (κ1) is 32.6. The molecule has 0 saturated carbocycles. The summed E-state index contributed by atoms with van der Waals surface area (Å²) in [6.07, 6.45) is 7.65. The molecule has 0 bridgehead atoms. The van der Waals surface area contributed by atoms with Crippen molar-refractivity contribution < 1.29 is 0 Å². The second-order valence-electron chi connectivity index (χ2n) is 14.5. The molecule has 0 N–H and O–H groups in total. The third-order valence-electron chi connectivity index (χ3n) is 10.9. The molecule has 0 aliphatic heterocycles. The van der Waals surface area contributed by atoms with Crippen LogP contribution in [0.4, 0.5) is 0 Å². The Morgan fingerprint density at radius 1 is 0.436 bits per heavy atom. The van der Waals surface area contributed by atoms with Gasteiger partial charge in [-0.05, 0) is 58.1 Å². The fraction of sp³-hybridized carbons (Fsp3) is 0.0588. The molecule has 0 amide bonds. The summed E-state index contributed by atoms with van der Waals surface area (Å²) >= 11 is 0. The number of aromatic nitrogens is 4.